The molecule has 156 valence electrons. The van der Waals surface area contributed by atoms with Gasteiger partial charge in [0.1, 0.15) is 10.7 Å². The minimum absolute atomic E-state index is 0.0110. The van der Waals surface area contributed by atoms with Gasteiger partial charge in [0.25, 0.3) is 15.9 Å². The lowest BCUT2D eigenvalue weighted by molar-refractivity contribution is 0.0747. The number of rotatable bonds is 5. The van der Waals surface area contributed by atoms with Crippen molar-refractivity contribution in [3.05, 3.63) is 58.9 Å². The second-order valence-corrected chi connectivity index (χ2v) is 11.0. The molecule has 1 amide bonds. The molecule has 1 fully saturated rings. The maximum Gasteiger partial charge on any atom is 0.263 e. The number of nitrogens with one attached hydrogen (secondary N) is 1. The molecule has 1 saturated heterocycles. The molecule has 3 rings (SSSR count). The number of anilines is 1. The minimum atomic E-state index is -4.15. The molecular weight excluding hydrogens is 443 g/mol. The normalized spacial score (nSPS) is 18.4. The average Bonchev–Trinajstić information content (AvgIpc) is 3.02. The molecule has 1 aliphatic heterocycles. The summed E-state index contributed by atoms with van der Waals surface area (Å²) >= 11 is 6.04. The van der Waals surface area contributed by atoms with Crippen LogP contribution in [0.15, 0.2) is 47.4 Å². The molecule has 0 aliphatic carbocycles. The van der Waals surface area contributed by atoms with Crippen LogP contribution in [-0.2, 0) is 19.9 Å². The van der Waals surface area contributed by atoms with E-state index < -0.39 is 37.6 Å². The first-order chi connectivity index (χ1) is 13.5. The molecule has 2 aromatic rings. The van der Waals surface area contributed by atoms with Crippen LogP contribution in [0.4, 0.5) is 10.1 Å². The highest BCUT2D eigenvalue weighted by atomic mass is 35.5. The van der Waals surface area contributed by atoms with E-state index in [0.717, 1.165) is 18.2 Å². The van der Waals surface area contributed by atoms with Gasteiger partial charge in [0.15, 0.2) is 9.84 Å². The molecule has 0 bridgehead atoms. The van der Waals surface area contributed by atoms with Gasteiger partial charge in [-0.05, 0) is 48.9 Å². The van der Waals surface area contributed by atoms with Crippen LogP contribution in [0.2, 0.25) is 5.02 Å². The van der Waals surface area contributed by atoms with Crippen LogP contribution in [-0.4, -0.2) is 52.2 Å². The molecule has 2 aromatic carbocycles. The molecule has 1 aliphatic rings. The van der Waals surface area contributed by atoms with Gasteiger partial charge < -0.3 is 4.90 Å². The number of hydrogen-bond acceptors (Lipinski definition) is 5. The predicted octanol–water partition coefficient (Wildman–Crippen LogP) is 2.54. The van der Waals surface area contributed by atoms with Gasteiger partial charge >= 0.3 is 0 Å². The highest BCUT2D eigenvalue weighted by molar-refractivity contribution is 7.93. The minimum Gasteiger partial charge on any atom is -0.338 e. The Balaban J connectivity index is 1.87. The fraction of sp³-hybridized carbons (Fsp3) is 0.278. The molecule has 0 aromatic heterocycles. The molecule has 0 saturated carbocycles. The standard InChI is InChI=1S/C18H18ClFN2O5S2/c1-22(15-8-9-28(24,25)11-15)18(23)12-2-7-16(19)17(10-12)29(26,27)21-14-5-3-13(20)4-6-14/h2-7,10,15,21H,8-9,11H2,1H3. The van der Waals surface area contributed by atoms with Crippen LogP contribution in [0.25, 0.3) is 0 Å². The molecule has 11 heteroatoms. The van der Waals surface area contributed by atoms with E-state index in [1.54, 1.807) is 0 Å². The topological polar surface area (TPSA) is 101 Å². The van der Waals surface area contributed by atoms with Crippen LogP contribution in [0.1, 0.15) is 16.8 Å². The van der Waals surface area contributed by atoms with Gasteiger partial charge in [-0.2, -0.15) is 0 Å². The first-order valence-electron chi connectivity index (χ1n) is 8.54. The van der Waals surface area contributed by atoms with Crippen LogP contribution >= 0.6 is 11.6 Å². The lowest BCUT2D eigenvalue weighted by Crippen LogP contribution is -2.37. The smallest absolute Gasteiger partial charge is 0.263 e. The van der Waals surface area contributed by atoms with Gasteiger partial charge in [-0.1, -0.05) is 11.6 Å². The lowest BCUT2D eigenvalue weighted by Gasteiger charge is -2.23. The van der Waals surface area contributed by atoms with Crippen LogP contribution in [0, 0.1) is 5.82 Å². The van der Waals surface area contributed by atoms with Gasteiger partial charge in [0.05, 0.1) is 16.5 Å². The summed E-state index contributed by atoms with van der Waals surface area (Å²) in [5.74, 6) is -1.14. The van der Waals surface area contributed by atoms with Crippen LogP contribution in [0.5, 0.6) is 0 Å². The molecule has 0 radical (unpaired) electrons. The average molecular weight is 461 g/mol. The number of benzene rings is 2. The molecule has 29 heavy (non-hydrogen) atoms. The quantitative estimate of drug-likeness (QED) is 0.739. The molecule has 1 heterocycles. The van der Waals surface area contributed by atoms with Gasteiger partial charge in [-0.15, -0.1) is 0 Å². The number of amides is 1. The summed E-state index contributed by atoms with van der Waals surface area (Å²) in [5, 5.41) is -0.0951. The third kappa shape index (κ3) is 4.88. The van der Waals surface area contributed by atoms with Crippen molar-refractivity contribution in [2.75, 3.05) is 23.3 Å². The molecule has 7 nitrogen and oxygen atoms in total. The number of nitrogens with zero attached hydrogens (tertiary/aromatic N) is 1. The SMILES string of the molecule is CN(C(=O)c1ccc(Cl)c(S(=O)(=O)Nc2ccc(F)cc2)c1)C1CCS(=O)(=O)C1. The van der Waals surface area contributed by atoms with Crippen molar-refractivity contribution in [3.8, 4) is 0 Å². The van der Waals surface area contributed by atoms with Crippen molar-refractivity contribution in [1.82, 2.24) is 4.90 Å². The first-order valence-corrected chi connectivity index (χ1v) is 12.2. The summed E-state index contributed by atoms with van der Waals surface area (Å²) in [7, 11) is -5.85. The number of sulfone groups is 1. The second kappa shape index (κ2) is 7.92. The number of carbonyl (C=O) groups excluding carboxylic acids is 1. The van der Waals surface area contributed by atoms with Gasteiger partial charge in [-0.3, -0.25) is 9.52 Å². The Morgan fingerprint density at radius 2 is 1.86 bits per heavy atom. The molecule has 0 spiro atoms. The Bertz CT molecular complexity index is 1150. The number of carbonyl (C=O) groups is 1. The molecule has 1 unspecified atom stereocenters. The first kappa shape index (κ1) is 21.5. The Morgan fingerprint density at radius 3 is 2.45 bits per heavy atom. The zero-order chi connectivity index (χ0) is 21.4. The summed E-state index contributed by atoms with van der Waals surface area (Å²) in [4.78, 5) is 13.7. The zero-order valence-corrected chi connectivity index (χ0v) is 17.7. The third-order valence-electron chi connectivity index (χ3n) is 4.64. The Kier molecular flexibility index (Phi) is 5.88. The second-order valence-electron chi connectivity index (χ2n) is 6.73. The fourth-order valence-electron chi connectivity index (χ4n) is 3.02. The Hall–Kier alpha value is -2.17. The number of sulfonamides is 1. The van der Waals surface area contributed by atoms with Crippen molar-refractivity contribution >= 4 is 43.1 Å². The zero-order valence-electron chi connectivity index (χ0n) is 15.3. The van der Waals surface area contributed by atoms with Gasteiger partial charge in [0.2, 0.25) is 0 Å². The highest BCUT2D eigenvalue weighted by Crippen LogP contribution is 2.26. The van der Waals surface area contributed by atoms with Crippen molar-refractivity contribution in [1.29, 1.82) is 0 Å². The monoisotopic (exact) mass is 460 g/mol. The lowest BCUT2D eigenvalue weighted by atomic mass is 10.1. The Morgan fingerprint density at radius 1 is 1.21 bits per heavy atom. The largest absolute Gasteiger partial charge is 0.338 e. The molecule has 1 atom stereocenters. The highest BCUT2D eigenvalue weighted by Gasteiger charge is 2.33. The van der Waals surface area contributed by atoms with Crippen molar-refractivity contribution in [2.24, 2.45) is 0 Å². The van der Waals surface area contributed by atoms with E-state index in [2.05, 4.69) is 4.72 Å². The van der Waals surface area contributed by atoms with E-state index in [0.29, 0.717) is 6.42 Å². The van der Waals surface area contributed by atoms with E-state index in [1.165, 1.54) is 36.2 Å². The maximum absolute atomic E-state index is 13.0. The number of hydrogen-bond donors (Lipinski definition) is 1. The Labute approximate surface area is 173 Å². The summed E-state index contributed by atoms with van der Waals surface area (Å²) < 4.78 is 64.0. The maximum atomic E-state index is 13.0. The summed E-state index contributed by atoms with van der Waals surface area (Å²) in [6.45, 7) is 0. The van der Waals surface area contributed by atoms with Gasteiger partial charge in [0, 0.05) is 24.3 Å². The van der Waals surface area contributed by atoms with E-state index >= 15 is 0 Å². The summed E-state index contributed by atoms with van der Waals surface area (Å²) in [6, 6.07) is 8.04. The third-order valence-corrected chi connectivity index (χ3v) is 8.25. The molecule has 1 N–H and O–H groups in total. The summed E-state index contributed by atoms with van der Waals surface area (Å²) in [6.07, 6.45) is 0.329. The van der Waals surface area contributed by atoms with Crippen molar-refractivity contribution < 1.29 is 26.0 Å². The van der Waals surface area contributed by atoms with Crippen LogP contribution < -0.4 is 4.72 Å². The number of halogens is 2. The van der Waals surface area contributed by atoms with E-state index in [1.807, 2.05) is 0 Å². The predicted molar refractivity (Wildman–Crippen MR) is 108 cm³/mol. The van der Waals surface area contributed by atoms with Crippen molar-refractivity contribution in [2.45, 2.75) is 17.4 Å². The van der Waals surface area contributed by atoms with E-state index in [-0.39, 0.29) is 32.7 Å². The summed E-state index contributed by atoms with van der Waals surface area (Å²) in [5.41, 5.74) is 0.188. The van der Waals surface area contributed by atoms with E-state index in [4.69, 9.17) is 11.6 Å². The van der Waals surface area contributed by atoms with Gasteiger partial charge in [-0.25, -0.2) is 21.2 Å². The van der Waals surface area contributed by atoms with Crippen LogP contribution in [0.3, 0.4) is 0 Å². The van der Waals surface area contributed by atoms with E-state index in [9.17, 15) is 26.0 Å². The molecular formula is C18H18ClFN2O5S2. The van der Waals surface area contributed by atoms with Crippen molar-refractivity contribution in [3.63, 3.8) is 0 Å². The fourth-order valence-corrected chi connectivity index (χ4v) is 6.38.